The molecule has 46 heavy (non-hydrogen) atoms. The molecule has 2 atom stereocenters. The quantitative estimate of drug-likeness (QED) is 0.199. The zero-order valence-electron chi connectivity index (χ0n) is 24.2. The highest BCUT2D eigenvalue weighted by atomic mass is 16.3. The van der Waals surface area contributed by atoms with Gasteiger partial charge in [-0.2, -0.15) is 0 Å². The molecule has 0 N–H and O–H groups in total. The fraction of sp³-hybridized carbons (Fsp3) is 0.0526. The number of hydrogen-bond donors (Lipinski definition) is 0. The molecule has 2 aliphatic heterocycles. The van der Waals surface area contributed by atoms with Crippen molar-refractivity contribution >= 4 is 83.5 Å². The first-order chi connectivity index (χ1) is 22.8. The van der Waals surface area contributed by atoms with Crippen LogP contribution >= 0.6 is 0 Å². The van der Waals surface area contributed by atoms with E-state index in [0.717, 1.165) is 83.0 Å². The Morgan fingerprint density at radius 3 is 2.22 bits per heavy atom. The largest absolute Gasteiger partial charge is 0.456 e. The number of anilines is 2. The summed E-state index contributed by atoms with van der Waals surface area (Å²) in [7, 11) is 0. The molecule has 8 heterocycles. The van der Waals surface area contributed by atoms with Gasteiger partial charge in [-0.1, -0.05) is 6.07 Å². The zero-order valence-corrected chi connectivity index (χ0v) is 24.2. The molecule has 6 aromatic heterocycles. The van der Waals surface area contributed by atoms with E-state index in [1.54, 1.807) is 0 Å². The van der Waals surface area contributed by atoms with Gasteiger partial charge in [0, 0.05) is 92.4 Å². The molecule has 216 valence electrons. The van der Waals surface area contributed by atoms with Crippen LogP contribution in [0.4, 0.5) is 11.5 Å². The predicted molar refractivity (Wildman–Crippen MR) is 181 cm³/mol. The number of rotatable bonds is 2. The zero-order chi connectivity index (χ0) is 29.9. The van der Waals surface area contributed by atoms with Crippen molar-refractivity contribution < 1.29 is 8.83 Å². The minimum Gasteiger partial charge on any atom is -0.456 e. The minimum atomic E-state index is 0.121. The summed E-state index contributed by atoms with van der Waals surface area (Å²) in [6.07, 6.45) is 13.5. The molecule has 0 aliphatic carbocycles. The fourth-order valence-electron chi connectivity index (χ4n) is 7.57. The van der Waals surface area contributed by atoms with Crippen molar-refractivity contribution in [1.82, 2.24) is 19.5 Å². The molecule has 0 amide bonds. The number of furan rings is 2. The fourth-order valence-corrected chi connectivity index (χ4v) is 7.57. The van der Waals surface area contributed by atoms with Crippen LogP contribution in [0.2, 0.25) is 0 Å². The molecule has 0 radical (unpaired) electrons. The van der Waals surface area contributed by atoms with Crippen LogP contribution < -0.4 is 4.90 Å². The Balaban J connectivity index is 1.09. The minimum absolute atomic E-state index is 0.121. The van der Waals surface area contributed by atoms with E-state index in [1.165, 1.54) is 5.56 Å². The van der Waals surface area contributed by atoms with Crippen molar-refractivity contribution in [2.45, 2.75) is 12.0 Å². The third-order valence-electron chi connectivity index (χ3n) is 9.58. The van der Waals surface area contributed by atoms with Crippen molar-refractivity contribution in [2.24, 2.45) is 4.99 Å². The molecular weight excluding hydrogens is 572 g/mol. The van der Waals surface area contributed by atoms with Crippen molar-refractivity contribution in [1.29, 1.82) is 0 Å². The van der Waals surface area contributed by atoms with Crippen LogP contribution in [0.1, 0.15) is 11.5 Å². The summed E-state index contributed by atoms with van der Waals surface area (Å²) in [6.45, 7) is 0. The Morgan fingerprint density at radius 1 is 0.630 bits per heavy atom. The van der Waals surface area contributed by atoms with Gasteiger partial charge >= 0.3 is 0 Å². The number of aromatic nitrogens is 4. The molecule has 2 aliphatic rings. The van der Waals surface area contributed by atoms with Gasteiger partial charge in [-0.25, -0.2) is 9.97 Å². The second-order valence-electron chi connectivity index (χ2n) is 12.0. The first kappa shape index (κ1) is 24.1. The van der Waals surface area contributed by atoms with Crippen LogP contribution in [0.5, 0.6) is 0 Å². The van der Waals surface area contributed by atoms with E-state index in [-0.39, 0.29) is 12.0 Å². The van der Waals surface area contributed by atoms with Gasteiger partial charge in [0.05, 0.1) is 11.6 Å². The first-order valence-electron chi connectivity index (χ1n) is 15.3. The number of aliphatic imine (C=N–C) groups is 1. The summed E-state index contributed by atoms with van der Waals surface area (Å²) < 4.78 is 15.1. The van der Waals surface area contributed by atoms with Gasteiger partial charge in [0.1, 0.15) is 33.8 Å². The van der Waals surface area contributed by atoms with Crippen molar-refractivity contribution in [2.75, 3.05) is 4.90 Å². The third kappa shape index (κ3) is 3.12. The van der Waals surface area contributed by atoms with Crippen LogP contribution in [0.15, 0.2) is 130 Å². The highest BCUT2D eigenvalue weighted by Crippen LogP contribution is 2.46. The molecule has 0 fully saturated rings. The Hall–Kier alpha value is -6.28. The molecule has 11 rings (SSSR count). The maximum absolute atomic E-state index is 6.46. The summed E-state index contributed by atoms with van der Waals surface area (Å²) in [5.41, 5.74) is 8.51. The van der Waals surface area contributed by atoms with Crippen molar-refractivity contribution in [3.63, 3.8) is 0 Å². The summed E-state index contributed by atoms with van der Waals surface area (Å²) in [5.74, 6) is 1.13. The Kier molecular flexibility index (Phi) is 4.54. The van der Waals surface area contributed by atoms with E-state index in [0.29, 0.717) is 0 Å². The lowest BCUT2D eigenvalue weighted by molar-refractivity contribution is 0.664. The van der Waals surface area contributed by atoms with Gasteiger partial charge in [-0.3, -0.25) is 14.5 Å². The van der Waals surface area contributed by atoms with E-state index in [9.17, 15) is 0 Å². The second-order valence-corrected chi connectivity index (χ2v) is 12.0. The number of benzene rings is 3. The Bertz CT molecular complexity index is 2750. The van der Waals surface area contributed by atoms with Crippen LogP contribution in [0.25, 0.3) is 71.5 Å². The standard InChI is InChI=1S/C38H22N6O2/c1-3-23-29-19-39-13-9-31(29)43(37(23)41-11-1)21-5-7-33-25(15-21)27-17-36-28(18-35(27)45-33)26-16-22(6-8-34(26)46-36)44-32-10-14-40-20-30(32)24-4-2-12-42-38(24)44/h1-20,29,31H. The molecule has 2 unspecified atom stereocenters. The van der Waals surface area contributed by atoms with E-state index in [4.69, 9.17) is 18.8 Å². The summed E-state index contributed by atoms with van der Waals surface area (Å²) in [4.78, 5) is 20.6. The topological polar surface area (TPSA) is 85.5 Å². The Morgan fingerprint density at radius 2 is 1.37 bits per heavy atom. The Labute approximate surface area is 260 Å². The van der Waals surface area contributed by atoms with E-state index in [2.05, 4.69) is 80.1 Å². The molecule has 0 spiro atoms. The molecule has 0 bridgehead atoms. The molecule has 9 aromatic rings. The normalized spacial score (nSPS) is 17.3. The number of pyridine rings is 3. The third-order valence-corrected chi connectivity index (χ3v) is 9.58. The average molecular weight is 595 g/mol. The van der Waals surface area contributed by atoms with Gasteiger partial charge in [0.2, 0.25) is 0 Å². The van der Waals surface area contributed by atoms with Crippen molar-refractivity contribution in [3.05, 3.63) is 121 Å². The summed E-state index contributed by atoms with van der Waals surface area (Å²) in [5, 5.41) is 6.22. The maximum Gasteiger partial charge on any atom is 0.145 e. The van der Waals surface area contributed by atoms with Gasteiger partial charge in [0.15, 0.2) is 0 Å². The van der Waals surface area contributed by atoms with Gasteiger partial charge < -0.3 is 13.7 Å². The van der Waals surface area contributed by atoms with Crippen molar-refractivity contribution in [3.8, 4) is 5.69 Å². The van der Waals surface area contributed by atoms with E-state index in [1.807, 2.05) is 61.5 Å². The van der Waals surface area contributed by atoms with Crippen LogP contribution in [-0.2, 0) is 0 Å². The van der Waals surface area contributed by atoms with Crippen LogP contribution in [0.3, 0.4) is 0 Å². The maximum atomic E-state index is 6.46. The smallest absolute Gasteiger partial charge is 0.145 e. The van der Waals surface area contributed by atoms with Gasteiger partial charge in [0.25, 0.3) is 0 Å². The monoisotopic (exact) mass is 594 g/mol. The lowest BCUT2D eigenvalue weighted by atomic mass is 9.95. The van der Waals surface area contributed by atoms with E-state index >= 15 is 0 Å². The summed E-state index contributed by atoms with van der Waals surface area (Å²) in [6, 6.07) is 27.3. The number of nitrogens with zero attached hydrogens (tertiary/aromatic N) is 6. The molecule has 8 heteroatoms. The molecule has 8 nitrogen and oxygen atoms in total. The first-order valence-corrected chi connectivity index (χ1v) is 15.3. The highest BCUT2D eigenvalue weighted by Gasteiger charge is 2.39. The number of fused-ring (bicyclic) bond motifs is 12. The van der Waals surface area contributed by atoms with Crippen LogP contribution in [0, 0.1) is 0 Å². The lowest BCUT2D eigenvalue weighted by Gasteiger charge is -2.27. The summed E-state index contributed by atoms with van der Waals surface area (Å²) >= 11 is 0. The lowest BCUT2D eigenvalue weighted by Crippen LogP contribution is -2.30. The molecule has 3 aromatic carbocycles. The van der Waals surface area contributed by atoms with Gasteiger partial charge in [-0.15, -0.1) is 0 Å². The SMILES string of the molecule is C1=CC2C(C=N1)c1cccnc1N2c1ccc2oc3cc4c(cc3c2c1)oc1ccc(-n2c3ccncc3c3cccnc32)cc14. The molecule has 0 saturated heterocycles. The molecule has 0 saturated carbocycles. The van der Waals surface area contributed by atoms with Crippen LogP contribution in [-0.4, -0.2) is 31.8 Å². The molecular formula is C38H22N6O2. The van der Waals surface area contributed by atoms with Gasteiger partial charge in [-0.05, 0) is 78.9 Å². The average Bonchev–Trinajstić information content (AvgIpc) is 3.84. The number of hydrogen-bond acceptors (Lipinski definition) is 7. The predicted octanol–water partition coefficient (Wildman–Crippen LogP) is 8.97. The second kappa shape index (κ2) is 8.67. The van der Waals surface area contributed by atoms with E-state index < -0.39 is 0 Å². The highest BCUT2D eigenvalue weighted by molar-refractivity contribution is 6.16.